The van der Waals surface area contributed by atoms with Crippen molar-refractivity contribution >= 4 is 40.6 Å². The molecule has 5 aromatic rings. The molecule has 0 aliphatic heterocycles. The lowest BCUT2D eigenvalue weighted by molar-refractivity contribution is 1.17. The molecule has 4 aromatic carbocycles. The fraction of sp³-hybridized carbons (Fsp3) is 0.0625. The largest absolute Gasteiger partial charge is 0.310 e. The molecule has 0 radical (unpaired) electrons. The molecule has 166 valence electrons. The zero-order valence-corrected chi connectivity index (χ0v) is 20.1. The van der Waals surface area contributed by atoms with Crippen LogP contribution in [0.4, 0.5) is 17.1 Å². The maximum Gasteiger partial charge on any atom is 0.0490 e. The predicted molar refractivity (Wildman–Crippen MR) is 148 cm³/mol. The van der Waals surface area contributed by atoms with Gasteiger partial charge in [-0.25, -0.2) is 0 Å². The standard InChI is InChI=1S/C32H27NS/c1-25-22-29(23-27-8-4-2-5-9-27)16-19-32(25)33(30-10-6-3-7-11-30)31-17-14-26(15-18-31)12-13-28-20-21-34-24-28/h2-22,24H,23H2,1H3. The molecule has 0 saturated heterocycles. The molecule has 1 aromatic heterocycles. The Balaban J connectivity index is 1.46. The maximum absolute atomic E-state index is 2.34. The predicted octanol–water partition coefficient (Wildman–Crippen LogP) is 9.29. The van der Waals surface area contributed by atoms with Crippen molar-refractivity contribution in [1.82, 2.24) is 0 Å². The van der Waals surface area contributed by atoms with E-state index in [0.29, 0.717) is 0 Å². The van der Waals surface area contributed by atoms with Gasteiger partial charge in [0.05, 0.1) is 0 Å². The average Bonchev–Trinajstić information content (AvgIpc) is 3.40. The first-order chi connectivity index (χ1) is 16.8. The quantitative estimate of drug-likeness (QED) is 0.235. The van der Waals surface area contributed by atoms with Crippen LogP contribution in [0.15, 0.2) is 120 Å². The van der Waals surface area contributed by atoms with E-state index in [1.54, 1.807) is 11.3 Å². The summed E-state index contributed by atoms with van der Waals surface area (Å²) in [6.45, 7) is 2.21. The van der Waals surface area contributed by atoms with Crippen molar-refractivity contribution in [3.63, 3.8) is 0 Å². The number of hydrogen-bond acceptors (Lipinski definition) is 2. The van der Waals surface area contributed by atoms with Gasteiger partial charge in [-0.15, -0.1) is 0 Å². The smallest absolute Gasteiger partial charge is 0.0490 e. The van der Waals surface area contributed by atoms with Gasteiger partial charge in [0.15, 0.2) is 0 Å². The molecular formula is C32H27NS. The number of benzene rings is 4. The second-order valence-corrected chi connectivity index (χ2v) is 9.22. The van der Waals surface area contributed by atoms with Gasteiger partial charge in [0, 0.05) is 17.1 Å². The molecule has 34 heavy (non-hydrogen) atoms. The molecule has 1 nitrogen and oxygen atoms in total. The number of para-hydroxylation sites is 1. The average molecular weight is 458 g/mol. The summed E-state index contributed by atoms with van der Waals surface area (Å²) < 4.78 is 0. The van der Waals surface area contributed by atoms with E-state index in [9.17, 15) is 0 Å². The van der Waals surface area contributed by atoms with Crippen LogP contribution in [0.2, 0.25) is 0 Å². The number of hydrogen-bond donors (Lipinski definition) is 0. The summed E-state index contributed by atoms with van der Waals surface area (Å²) in [4.78, 5) is 2.34. The van der Waals surface area contributed by atoms with Crippen LogP contribution >= 0.6 is 11.3 Å². The first-order valence-electron chi connectivity index (χ1n) is 11.6. The minimum absolute atomic E-state index is 0.943. The van der Waals surface area contributed by atoms with Gasteiger partial charge in [-0.1, -0.05) is 84.9 Å². The van der Waals surface area contributed by atoms with E-state index in [1.807, 2.05) is 0 Å². The Bertz CT molecular complexity index is 1350. The van der Waals surface area contributed by atoms with Crippen molar-refractivity contribution in [3.05, 3.63) is 148 Å². The number of thiophene rings is 1. The van der Waals surface area contributed by atoms with Crippen LogP contribution in [0.25, 0.3) is 12.2 Å². The van der Waals surface area contributed by atoms with E-state index in [4.69, 9.17) is 0 Å². The van der Waals surface area contributed by atoms with Crippen LogP contribution < -0.4 is 4.90 Å². The van der Waals surface area contributed by atoms with Crippen molar-refractivity contribution in [3.8, 4) is 0 Å². The van der Waals surface area contributed by atoms with Gasteiger partial charge < -0.3 is 4.90 Å². The van der Waals surface area contributed by atoms with E-state index in [1.165, 1.54) is 33.5 Å². The van der Waals surface area contributed by atoms with Gasteiger partial charge in [-0.05, 0) is 88.3 Å². The molecule has 0 fully saturated rings. The van der Waals surface area contributed by atoms with Gasteiger partial charge in [0.2, 0.25) is 0 Å². The lowest BCUT2D eigenvalue weighted by atomic mass is 10.0. The summed E-state index contributed by atoms with van der Waals surface area (Å²) in [5, 5.41) is 4.26. The highest BCUT2D eigenvalue weighted by atomic mass is 32.1. The van der Waals surface area contributed by atoms with Gasteiger partial charge in [0.1, 0.15) is 0 Å². The third-order valence-electron chi connectivity index (χ3n) is 5.93. The van der Waals surface area contributed by atoms with Crippen LogP contribution in [-0.2, 0) is 6.42 Å². The lowest BCUT2D eigenvalue weighted by Crippen LogP contribution is -2.11. The molecule has 0 atom stereocenters. The SMILES string of the molecule is Cc1cc(Cc2ccccc2)ccc1N(c1ccccc1)c1ccc(C=Cc2ccsc2)cc1. The maximum atomic E-state index is 2.34. The summed E-state index contributed by atoms with van der Waals surface area (Å²) in [5.41, 5.74) is 9.86. The second kappa shape index (κ2) is 10.4. The molecule has 0 unspecified atom stereocenters. The molecular weight excluding hydrogens is 430 g/mol. The Morgan fingerprint density at radius 1 is 0.647 bits per heavy atom. The number of aryl methyl sites for hydroxylation is 1. The normalized spacial score (nSPS) is 11.1. The Labute approximate surface area is 206 Å². The highest BCUT2D eigenvalue weighted by molar-refractivity contribution is 7.08. The highest BCUT2D eigenvalue weighted by Gasteiger charge is 2.14. The Morgan fingerprint density at radius 3 is 2.00 bits per heavy atom. The summed E-state index contributed by atoms with van der Waals surface area (Å²) in [7, 11) is 0. The van der Waals surface area contributed by atoms with Crippen LogP contribution in [0.5, 0.6) is 0 Å². The van der Waals surface area contributed by atoms with E-state index < -0.39 is 0 Å². The lowest BCUT2D eigenvalue weighted by Gasteiger charge is -2.27. The molecule has 0 amide bonds. The summed E-state index contributed by atoms with van der Waals surface area (Å²) in [6, 6.07) is 39.0. The number of nitrogens with zero attached hydrogens (tertiary/aromatic N) is 1. The van der Waals surface area contributed by atoms with Crippen molar-refractivity contribution in [2.75, 3.05) is 4.90 Å². The van der Waals surface area contributed by atoms with Gasteiger partial charge in [-0.3, -0.25) is 0 Å². The number of anilines is 3. The number of rotatable bonds is 7. The molecule has 0 N–H and O–H groups in total. The van der Waals surface area contributed by atoms with Crippen LogP contribution in [0, 0.1) is 6.92 Å². The Morgan fingerprint density at radius 2 is 1.32 bits per heavy atom. The third kappa shape index (κ3) is 5.19. The molecule has 0 aliphatic carbocycles. The minimum atomic E-state index is 0.943. The molecule has 0 spiro atoms. The fourth-order valence-electron chi connectivity index (χ4n) is 4.21. The van der Waals surface area contributed by atoms with E-state index >= 15 is 0 Å². The first-order valence-corrected chi connectivity index (χ1v) is 12.5. The fourth-order valence-corrected chi connectivity index (χ4v) is 4.84. The molecule has 0 saturated carbocycles. The highest BCUT2D eigenvalue weighted by Crippen LogP contribution is 2.37. The molecule has 5 rings (SSSR count). The molecule has 0 aliphatic rings. The zero-order chi connectivity index (χ0) is 23.2. The summed E-state index contributed by atoms with van der Waals surface area (Å²) in [6.07, 6.45) is 5.27. The second-order valence-electron chi connectivity index (χ2n) is 8.44. The monoisotopic (exact) mass is 457 g/mol. The van der Waals surface area contributed by atoms with Crippen molar-refractivity contribution in [1.29, 1.82) is 0 Å². The van der Waals surface area contributed by atoms with E-state index in [-0.39, 0.29) is 0 Å². The van der Waals surface area contributed by atoms with Crippen molar-refractivity contribution in [2.45, 2.75) is 13.3 Å². The third-order valence-corrected chi connectivity index (χ3v) is 6.63. The Kier molecular flexibility index (Phi) is 6.69. The topological polar surface area (TPSA) is 3.24 Å². The van der Waals surface area contributed by atoms with Crippen molar-refractivity contribution in [2.24, 2.45) is 0 Å². The zero-order valence-electron chi connectivity index (χ0n) is 19.3. The van der Waals surface area contributed by atoms with Crippen LogP contribution in [0.3, 0.4) is 0 Å². The molecule has 2 heteroatoms. The summed E-state index contributed by atoms with van der Waals surface area (Å²) >= 11 is 1.72. The van der Waals surface area contributed by atoms with Crippen LogP contribution in [-0.4, -0.2) is 0 Å². The molecule has 0 bridgehead atoms. The minimum Gasteiger partial charge on any atom is -0.310 e. The van der Waals surface area contributed by atoms with Gasteiger partial charge >= 0.3 is 0 Å². The Hall–Kier alpha value is -3.88. The summed E-state index contributed by atoms with van der Waals surface area (Å²) in [5.74, 6) is 0. The van der Waals surface area contributed by atoms with Gasteiger partial charge in [0.25, 0.3) is 0 Å². The van der Waals surface area contributed by atoms with Crippen LogP contribution in [0.1, 0.15) is 27.8 Å². The van der Waals surface area contributed by atoms with E-state index in [2.05, 4.69) is 144 Å². The first kappa shape index (κ1) is 21.9. The van der Waals surface area contributed by atoms with E-state index in [0.717, 1.165) is 17.8 Å². The van der Waals surface area contributed by atoms with Gasteiger partial charge in [-0.2, -0.15) is 11.3 Å². The molecule has 1 heterocycles. The van der Waals surface area contributed by atoms with Crippen molar-refractivity contribution < 1.29 is 0 Å².